The number of carbonyl (C=O) groups excluding carboxylic acids is 2. The summed E-state index contributed by atoms with van der Waals surface area (Å²) in [4.78, 5) is 41.5. The monoisotopic (exact) mass is 566 g/mol. The maximum atomic E-state index is 12.7. The number of nitrogens with one attached hydrogen (secondary N) is 3. The van der Waals surface area contributed by atoms with Crippen LogP contribution >= 0.6 is 11.6 Å². The van der Waals surface area contributed by atoms with Gasteiger partial charge in [0, 0.05) is 54.6 Å². The van der Waals surface area contributed by atoms with Crippen molar-refractivity contribution in [2.45, 2.75) is 13.0 Å². The second-order valence-corrected chi connectivity index (χ2v) is 10.3. The van der Waals surface area contributed by atoms with Gasteiger partial charge < -0.3 is 31.3 Å². The molecular weight excluding hydrogens is 534 g/mol. The first kappa shape index (κ1) is 27.7. The fraction of sp³-hybridized carbons (Fsp3) is 0.370. The second-order valence-electron chi connectivity index (χ2n) is 9.83. The van der Waals surface area contributed by atoms with Gasteiger partial charge in [0.15, 0.2) is 11.6 Å². The molecule has 2 saturated heterocycles. The number of anilines is 3. The first-order valence-electron chi connectivity index (χ1n) is 13.3. The number of nitrogens with two attached hydrogens (primary N) is 1. The van der Waals surface area contributed by atoms with Crippen LogP contribution < -0.4 is 26.6 Å². The van der Waals surface area contributed by atoms with E-state index in [0.29, 0.717) is 79.9 Å². The first-order chi connectivity index (χ1) is 19.4. The van der Waals surface area contributed by atoms with Crippen molar-refractivity contribution in [2.24, 2.45) is 5.73 Å². The fourth-order valence-corrected chi connectivity index (χ4v) is 4.93. The molecule has 1 aromatic heterocycles. The number of urea groups is 2. The highest BCUT2D eigenvalue weighted by molar-refractivity contribution is 6.30. The van der Waals surface area contributed by atoms with Crippen LogP contribution in [0.3, 0.4) is 0 Å². The zero-order valence-electron chi connectivity index (χ0n) is 22.1. The predicted octanol–water partition coefficient (Wildman–Crippen LogP) is 3.06. The third kappa shape index (κ3) is 6.83. The molecule has 2 aromatic carbocycles. The number of amides is 4. The molecule has 40 heavy (non-hydrogen) atoms. The summed E-state index contributed by atoms with van der Waals surface area (Å²) in [5.74, 6) is 1.54. The highest BCUT2D eigenvalue weighted by Crippen LogP contribution is 2.24. The average Bonchev–Trinajstić information content (AvgIpc) is 3.21. The normalized spacial score (nSPS) is 19.5. The molecule has 0 spiro atoms. The minimum absolute atomic E-state index is 0.0879. The lowest BCUT2D eigenvalue weighted by Crippen LogP contribution is -2.57. The molecule has 5 N–H and O–H groups in total. The molecule has 2 aliphatic heterocycles. The largest absolute Gasteiger partial charge is 0.414 e. The maximum absolute atomic E-state index is 12.7. The van der Waals surface area contributed by atoms with Crippen LogP contribution in [0.4, 0.5) is 26.9 Å². The average molecular weight is 567 g/mol. The number of halogens is 1. The molecule has 1 unspecified atom stereocenters. The Morgan fingerprint density at radius 1 is 0.950 bits per heavy atom. The van der Waals surface area contributed by atoms with Gasteiger partial charge in [-0.1, -0.05) is 11.6 Å². The molecule has 2 aliphatic rings. The van der Waals surface area contributed by atoms with E-state index in [2.05, 4.69) is 20.9 Å². The first-order valence-corrected chi connectivity index (χ1v) is 13.7. The van der Waals surface area contributed by atoms with Crippen molar-refractivity contribution in [1.82, 2.24) is 20.3 Å². The smallest absolute Gasteiger partial charge is 0.378 e. The van der Waals surface area contributed by atoms with Gasteiger partial charge in [0.05, 0.1) is 19.8 Å². The van der Waals surface area contributed by atoms with Gasteiger partial charge in [-0.2, -0.15) is 9.97 Å². The van der Waals surface area contributed by atoms with Crippen molar-refractivity contribution < 1.29 is 18.8 Å². The number of morpholine rings is 1. The number of benzene rings is 2. The third-order valence-electron chi connectivity index (χ3n) is 7.03. The predicted molar refractivity (Wildman–Crippen MR) is 153 cm³/mol. The van der Waals surface area contributed by atoms with Gasteiger partial charge in [0.25, 0.3) is 0 Å². The molecule has 0 saturated carbocycles. The van der Waals surface area contributed by atoms with Crippen LogP contribution in [0.5, 0.6) is 0 Å². The molecule has 210 valence electrons. The van der Waals surface area contributed by atoms with E-state index in [9.17, 15) is 9.59 Å². The molecule has 1 atom stereocenters. The van der Waals surface area contributed by atoms with Gasteiger partial charge in [-0.3, -0.25) is 0 Å². The molecule has 5 rings (SSSR count). The van der Waals surface area contributed by atoms with Crippen LogP contribution in [0.15, 0.2) is 48.5 Å². The van der Waals surface area contributed by atoms with E-state index >= 15 is 0 Å². The lowest BCUT2D eigenvalue weighted by molar-refractivity contribution is -0.861. The summed E-state index contributed by atoms with van der Waals surface area (Å²) in [6, 6.07) is 13.4. The summed E-state index contributed by atoms with van der Waals surface area (Å²) < 4.78 is 5.60. The van der Waals surface area contributed by atoms with E-state index < -0.39 is 0 Å². The molecule has 3 heterocycles. The van der Waals surface area contributed by atoms with Gasteiger partial charge in [-0.15, -0.1) is 0 Å². The number of quaternary nitrogens is 1. The van der Waals surface area contributed by atoms with Crippen molar-refractivity contribution in [2.75, 3.05) is 68.0 Å². The Kier molecular flexibility index (Phi) is 8.70. The lowest BCUT2D eigenvalue weighted by atomic mass is 10.2. The number of nitrogens with zero attached hydrogens (tertiary/aromatic N) is 5. The molecular formula is C27H33ClN9O3+. The summed E-state index contributed by atoms with van der Waals surface area (Å²) >= 11 is 5.91. The minimum atomic E-state index is -0.383. The summed E-state index contributed by atoms with van der Waals surface area (Å²) in [7, 11) is 0. The van der Waals surface area contributed by atoms with Crippen LogP contribution in [0.2, 0.25) is 5.02 Å². The fourth-order valence-electron chi connectivity index (χ4n) is 4.80. The number of ether oxygens (including phenoxy) is 1. The Morgan fingerprint density at radius 2 is 1.62 bits per heavy atom. The number of aromatic nitrogens is 3. The van der Waals surface area contributed by atoms with Crippen LogP contribution in [-0.2, 0) is 11.3 Å². The van der Waals surface area contributed by atoms with Crippen molar-refractivity contribution >= 4 is 41.0 Å². The number of hydrogen-bond acceptors (Lipinski definition) is 8. The second kappa shape index (κ2) is 12.6. The van der Waals surface area contributed by atoms with E-state index in [1.54, 1.807) is 36.4 Å². The van der Waals surface area contributed by atoms with Crippen LogP contribution in [-0.4, -0.2) is 84.0 Å². The van der Waals surface area contributed by atoms with E-state index in [1.807, 2.05) is 12.1 Å². The molecule has 13 heteroatoms. The van der Waals surface area contributed by atoms with Crippen LogP contribution in [0.1, 0.15) is 12.2 Å². The van der Waals surface area contributed by atoms with Gasteiger partial charge in [0.2, 0.25) is 5.95 Å². The summed E-state index contributed by atoms with van der Waals surface area (Å²) in [5.41, 5.74) is 7.91. The maximum Gasteiger partial charge on any atom is 0.414 e. The lowest BCUT2D eigenvalue weighted by Gasteiger charge is -2.32. The minimum Gasteiger partial charge on any atom is -0.378 e. The van der Waals surface area contributed by atoms with Crippen molar-refractivity contribution in [3.05, 3.63) is 59.4 Å². The molecule has 0 bridgehead atoms. The van der Waals surface area contributed by atoms with Crippen molar-refractivity contribution in [3.8, 4) is 11.4 Å². The number of rotatable bonds is 6. The zero-order valence-corrected chi connectivity index (χ0v) is 22.9. The molecule has 0 radical (unpaired) electrons. The summed E-state index contributed by atoms with van der Waals surface area (Å²) in [5, 5.41) is 9.52. The Labute approximate surface area is 237 Å². The standard InChI is InChI=1S/C27H32ClN9O3/c28-20-4-8-22(9-5-20)32-27(39)31-21-6-2-19(3-7-21)24-33-23(34-26(35-24)36-12-16-40-17-13-36)18-37(25(29)38)14-1-10-30-11-15-37/h2-9,30H,1,10-18H2,(H3-,29,31,32,33,34,35,38,39)/p+1. The molecule has 3 aromatic rings. The van der Waals surface area contributed by atoms with Gasteiger partial charge in [-0.05, 0) is 48.5 Å². The topological polar surface area (TPSA) is 147 Å². The molecule has 0 aliphatic carbocycles. The number of primary amides is 1. The van der Waals surface area contributed by atoms with E-state index in [0.717, 1.165) is 18.5 Å². The molecule has 2 fully saturated rings. The van der Waals surface area contributed by atoms with Gasteiger partial charge >= 0.3 is 12.1 Å². The van der Waals surface area contributed by atoms with E-state index in [-0.39, 0.29) is 23.1 Å². The summed E-state index contributed by atoms with van der Waals surface area (Å²) in [6.07, 6.45) is 0.831. The third-order valence-corrected chi connectivity index (χ3v) is 7.29. The van der Waals surface area contributed by atoms with Crippen molar-refractivity contribution in [1.29, 1.82) is 0 Å². The molecule has 12 nitrogen and oxygen atoms in total. The highest BCUT2D eigenvalue weighted by atomic mass is 35.5. The Hall–Kier alpha value is -3.84. The van der Waals surface area contributed by atoms with Crippen molar-refractivity contribution in [3.63, 3.8) is 0 Å². The van der Waals surface area contributed by atoms with Gasteiger partial charge in [0.1, 0.15) is 13.1 Å². The highest BCUT2D eigenvalue weighted by Gasteiger charge is 2.37. The summed E-state index contributed by atoms with van der Waals surface area (Å²) in [6.45, 7) is 5.50. The van der Waals surface area contributed by atoms with Gasteiger partial charge in [-0.25, -0.2) is 19.1 Å². The van der Waals surface area contributed by atoms with Crippen LogP contribution in [0.25, 0.3) is 11.4 Å². The Morgan fingerprint density at radius 3 is 2.30 bits per heavy atom. The SMILES string of the molecule is NC(=O)[N+]1(Cc2nc(-c3ccc(NC(=O)Nc4ccc(Cl)cc4)cc3)nc(N3CCOCC3)n2)CCCNCC1. The van der Waals surface area contributed by atoms with E-state index in [1.165, 1.54) is 0 Å². The Balaban J connectivity index is 1.38. The molecule has 4 amide bonds. The zero-order chi connectivity index (χ0) is 28.0. The van der Waals surface area contributed by atoms with E-state index in [4.69, 9.17) is 37.0 Å². The van der Waals surface area contributed by atoms with Crippen LogP contribution in [0, 0.1) is 0 Å². The number of carbonyl (C=O) groups is 2. The Bertz CT molecular complexity index is 1320. The number of hydrogen-bond donors (Lipinski definition) is 4. The quantitative estimate of drug-likeness (QED) is 0.333.